The van der Waals surface area contributed by atoms with Crippen molar-refractivity contribution in [3.8, 4) is 0 Å². The zero-order chi connectivity index (χ0) is 14.4. The molecule has 0 radical (unpaired) electrons. The van der Waals surface area contributed by atoms with E-state index in [0.29, 0.717) is 6.42 Å². The third-order valence-corrected chi connectivity index (χ3v) is 3.98. The molecular formula is C17H27NO2. The molecule has 112 valence electrons. The van der Waals surface area contributed by atoms with Crippen molar-refractivity contribution in [1.82, 2.24) is 5.32 Å². The molecule has 2 N–H and O–H groups in total. The van der Waals surface area contributed by atoms with Gasteiger partial charge in [-0.25, -0.2) is 0 Å². The minimum atomic E-state index is -0.685. The van der Waals surface area contributed by atoms with Gasteiger partial charge in [0.15, 0.2) is 0 Å². The minimum Gasteiger partial charge on any atom is -0.390 e. The number of fused-ring (bicyclic) bond motifs is 1. The van der Waals surface area contributed by atoms with Crippen LogP contribution in [0.1, 0.15) is 50.3 Å². The van der Waals surface area contributed by atoms with Crippen molar-refractivity contribution in [2.24, 2.45) is 0 Å². The van der Waals surface area contributed by atoms with Crippen LogP contribution in [0, 0.1) is 0 Å². The molecular weight excluding hydrogens is 250 g/mol. The molecule has 0 aromatic heterocycles. The van der Waals surface area contributed by atoms with E-state index in [1.165, 1.54) is 11.1 Å². The summed E-state index contributed by atoms with van der Waals surface area (Å²) < 4.78 is 5.89. The van der Waals surface area contributed by atoms with Crippen LogP contribution in [-0.4, -0.2) is 30.4 Å². The zero-order valence-corrected chi connectivity index (χ0v) is 12.7. The van der Waals surface area contributed by atoms with Crippen LogP contribution < -0.4 is 5.32 Å². The van der Waals surface area contributed by atoms with Crippen molar-refractivity contribution in [2.45, 2.75) is 51.2 Å². The van der Waals surface area contributed by atoms with Crippen LogP contribution in [0.3, 0.4) is 0 Å². The van der Waals surface area contributed by atoms with Crippen molar-refractivity contribution in [3.63, 3.8) is 0 Å². The van der Waals surface area contributed by atoms with Crippen molar-refractivity contribution in [3.05, 3.63) is 35.4 Å². The molecule has 1 aromatic carbocycles. The van der Waals surface area contributed by atoms with Crippen molar-refractivity contribution >= 4 is 0 Å². The van der Waals surface area contributed by atoms with Gasteiger partial charge in [-0.05, 0) is 50.4 Å². The van der Waals surface area contributed by atoms with Crippen LogP contribution in [-0.2, 0) is 11.2 Å². The normalized spacial score (nSPS) is 21.2. The fourth-order valence-corrected chi connectivity index (χ4v) is 2.81. The van der Waals surface area contributed by atoms with Crippen LogP contribution in [0.4, 0.5) is 0 Å². The molecule has 0 bridgehead atoms. The number of benzene rings is 1. The summed E-state index contributed by atoms with van der Waals surface area (Å²) in [5.41, 5.74) is 1.93. The lowest BCUT2D eigenvalue weighted by molar-refractivity contribution is -0.0401. The van der Waals surface area contributed by atoms with Crippen LogP contribution in [0.2, 0.25) is 0 Å². The quantitative estimate of drug-likeness (QED) is 0.753. The zero-order valence-electron chi connectivity index (χ0n) is 12.7. The fraction of sp³-hybridized carbons (Fsp3) is 0.647. The Morgan fingerprint density at radius 1 is 1.35 bits per heavy atom. The molecule has 3 heteroatoms. The highest BCUT2D eigenvalue weighted by Gasteiger charge is 2.29. The Morgan fingerprint density at radius 2 is 2.15 bits per heavy atom. The van der Waals surface area contributed by atoms with Gasteiger partial charge < -0.3 is 15.2 Å². The van der Waals surface area contributed by atoms with E-state index in [2.05, 4.69) is 36.5 Å². The van der Waals surface area contributed by atoms with Gasteiger partial charge in [0.1, 0.15) is 0 Å². The van der Waals surface area contributed by atoms with Crippen molar-refractivity contribution in [1.29, 1.82) is 0 Å². The Labute approximate surface area is 122 Å². The number of rotatable bonds is 7. The van der Waals surface area contributed by atoms with Crippen LogP contribution in [0.15, 0.2) is 24.3 Å². The van der Waals surface area contributed by atoms with Gasteiger partial charge in [0.05, 0.1) is 18.3 Å². The second-order valence-electron chi connectivity index (χ2n) is 6.01. The summed E-state index contributed by atoms with van der Waals surface area (Å²) in [5.74, 6) is 0. The molecule has 3 nitrogen and oxygen atoms in total. The Balaban J connectivity index is 1.92. The van der Waals surface area contributed by atoms with E-state index < -0.39 is 5.60 Å². The first-order valence-electron chi connectivity index (χ1n) is 7.75. The molecule has 1 aliphatic heterocycles. The predicted molar refractivity (Wildman–Crippen MR) is 81.9 cm³/mol. The number of hydrogen-bond donors (Lipinski definition) is 2. The predicted octanol–water partition coefficient (Wildman–Crippen LogP) is 2.83. The molecule has 2 atom stereocenters. The molecule has 0 aliphatic carbocycles. The Morgan fingerprint density at radius 3 is 2.95 bits per heavy atom. The number of ether oxygens (including phenoxy) is 1. The van der Waals surface area contributed by atoms with Crippen molar-refractivity contribution < 1.29 is 9.84 Å². The summed E-state index contributed by atoms with van der Waals surface area (Å²) in [6.07, 6.45) is 3.56. The molecule has 1 heterocycles. The van der Waals surface area contributed by atoms with Gasteiger partial charge in [-0.3, -0.25) is 0 Å². The summed E-state index contributed by atoms with van der Waals surface area (Å²) in [4.78, 5) is 0. The van der Waals surface area contributed by atoms with E-state index in [9.17, 15) is 5.11 Å². The highest BCUT2D eigenvalue weighted by molar-refractivity contribution is 5.31. The maximum atomic E-state index is 10.6. The number of aliphatic hydroxyl groups is 1. The van der Waals surface area contributed by atoms with Crippen LogP contribution in [0.5, 0.6) is 0 Å². The van der Waals surface area contributed by atoms with Crippen LogP contribution >= 0.6 is 0 Å². The molecule has 0 saturated carbocycles. The summed E-state index contributed by atoms with van der Waals surface area (Å²) in [6, 6.07) is 8.43. The first kappa shape index (κ1) is 15.5. The smallest absolute Gasteiger partial charge is 0.0855 e. The Hall–Kier alpha value is -0.900. The van der Waals surface area contributed by atoms with E-state index >= 15 is 0 Å². The van der Waals surface area contributed by atoms with Gasteiger partial charge in [0, 0.05) is 6.42 Å². The van der Waals surface area contributed by atoms with E-state index in [1.54, 1.807) is 0 Å². The highest BCUT2D eigenvalue weighted by atomic mass is 16.5. The van der Waals surface area contributed by atoms with E-state index in [-0.39, 0.29) is 6.10 Å². The Kier molecular flexibility index (Phi) is 5.58. The van der Waals surface area contributed by atoms with Gasteiger partial charge in [-0.15, -0.1) is 0 Å². The summed E-state index contributed by atoms with van der Waals surface area (Å²) in [7, 11) is 0. The lowest BCUT2D eigenvalue weighted by atomic mass is 9.88. The fourth-order valence-electron chi connectivity index (χ4n) is 2.81. The average Bonchev–Trinajstić information content (AvgIpc) is 2.44. The maximum absolute atomic E-state index is 10.6. The summed E-state index contributed by atoms with van der Waals surface area (Å²) in [6.45, 7) is 6.69. The summed E-state index contributed by atoms with van der Waals surface area (Å²) in [5, 5.41) is 13.9. The molecule has 1 aromatic rings. The standard InChI is InChI=1S/C17H27NO2/c1-3-10-18-11-9-17(2,19)13-16-15-7-5-4-6-14(15)8-12-20-16/h4-7,16,18-19H,3,8-13H2,1-2H3. The number of hydrogen-bond acceptors (Lipinski definition) is 3. The Bertz CT molecular complexity index is 417. The first-order valence-corrected chi connectivity index (χ1v) is 7.75. The largest absolute Gasteiger partial charge is 0.390 e. The highest BCUT2D eigenvalue weighted by Crippen LogP contribution is 2.34. The molecule has 20 heavy (non-hydrogen) atoms. The SMILES string of the molecule is CCCNCCC(C)(O)CC1OCCc2ccccc21. The van der Waals surface area contributed by atoms with Gasteiger partial charge in [-0.2, -0.15) is 0 Å². The van der Waals surface area contributed by atoms with E-state index in [4.69, 9.17) is 4.74 Å². The van der Waals surface area contributed by atoms with Gasteiger partial charge >= 0.3 is 0 Å². The molecule has 1 aliphatic rings. The monoisotopic (exact) mass is 277 g/mol. The molecule has 0 saturated heterocycles. The van der Waals surface area contributed by atoms with Gasteiger partial charge in [-0.1, -0.05) is 31.2 Å². The average molecular weight is 277 g/mol. The summed E-state index contributed by atoms with van der Waals surface area (Å²) >= 11 is 0. The van der Waals surface area contributed by atoms with Crippen LogP contribution in [0.25, 0.3) is 0 Å². The maximum Gasteiger partial charge on any atom is 0.0855 e. The number of nitrogens with one attached hydrogen (secondary N) is 1. The second kappa shape index (κ2) is 7.21. The van der Waals surface area contributed by atoms with Crippen molar-refractivity contribution in [2.75, 3.05) is 19.7 Å². The second-order valence-corrected chi connectivity index (χ2v) is 6.01. The lowest BCUT2D eigenvalue weighted by Gasteiger charge is -2.32. The molecule has 0 spiro atoms. The lowest BCUT2D eigenvalue weighted by Crippen LogP contribution is -2.33. The molecule has 2 rings (SSSR count). The van der Waals surface area contributed by atoms with E-state index in [1.807, 2.05) is 6.92 Å². The molecule has 0 amide bonds. The van der Waals surface area contributed by atoms with Gasteiger partial charge in [0.25, 0.3) is 0 Å². The van der Waals surface area contributed by atoms with Gasteiger partial charge in [0.2, 0.25) is 0 Å². The van der Waals surface area contributed by atoms with E-state index in [0.717, 1.165) is 39.0 Å². The third kappa shape index (κ3) is 4.30. The molecule has 0 fully saturated rings. The minimum absolute atomic E-state index is 0.0288. The molecule has 2 unspecified atom stereocenters. The topological polar surface area (TPSA) is 41.5 Å². The third-order valence-electron chi connectivity index (χ3n) is 3.98. The first-order chi connectivity index (χ1) is 9.62.